The SMILES string of the molecule is C=[N+]1NC(C2CCN(C(=O)N3CC(c4ccc(-n5nc(C(F)(F)F)cc5C)cc4)C3)CC2)=NC1C(I)CC. The lowest BCUT2D eigenvalue weighted by molar-refractivity contribution is -0.586. The van der Waals surface area contributed by atoms with Crippen molar-refractivity contribution in [1.82, 2.24) is 25.0 Å². The molecule has 2 amide bonds. The molecule has 0 aliphatic carbocycles. The molecule has 3 aliphatic heterocycles. The number of nitrogens with one attached hydrogen (secondary N) is 1. The molecule has 38 heavy (non-hydrogen) atoms. The van der Waals surface area contributed by atoms with E-state index in [1.807, 2.05) is 26.6 Å². The first-order chi connectivity index (χ1) is 18.0. The quantitative estimate of drug-likeness (QED) is 0.295. The molecule has 2 fully saturated rings. The molecule has 204 valence electrons. The molecule has 1 aromatic heterocycles. The molecule has 8 nitrogen and oxygen atoms in total. The van der Waals surface area contributed by atoms with Crippen LogP contribution in [0.5, 0.6) is 0 Å². The number of halogens is 4. The Balaban J connectivity index is 1.12. The number of piperidine rings is 1. The maximum absolute atomic E-state index is 13.1. The van der Waals surface area contributed by atoms with E-state index in [-0.39, 0.29) is 18.1 Å². The van der Waals surface area contributed by atoms with Gasteiger partial charge in [0.05, 0.1) is 9.61 Å². The normalized spacial score (nSPS) is 21.8. The Hall–Kier alpha value is -2.64. The number of aromatic nitrogens is 2. The van der Waals surface area contributed by atoms with Crippen LogP contribution in [0.25, 0.3) is 5.69 Å². The molecule has 0 bridgehead atoms. The number of rotatable bonds is 5. The number of carbonyl (C=O) groups excluding carboxylic acids is 1. The van der Waals surface area contributed by atoms with Gasteiger partial charge in [-0.2, -0.15) is 28.7 Å². The van der Waals surface area contributed by atoms with Crippen LogP contribution in [0.2, 0.25) is 0 Å². The summed E-state index contributed by atoms with van der Waals surface area (Å²) in [5.41, 5.74) is 4.49. The molecule has 0 radical (unpaired) electrons. The monoisotopic (exact) mass is 642 g/mol. The van der Waals surface area contributed by atoms with Crippen molar-refractivity contribution in [2.24, 2.45) is 10.9 Å². The minimum atomic E-state index is -4.47. The second kappa shape index (κ2) is 10.5. The van der Waals surface area contributed by atoms with Crippen molar-refractivity contribution in [3.63, 3.8) is 0 Å². The number of benzene rings is 1. The molecule has 2 saturated heterocycles. The van der Waals surface area contributed by atoms with E-state index in [0.29, 0.717) is 47.4 Å². The number of likely N-dealkylation sites (tertiary alicyclic amines) is 2. The minimum Gasteiger partial charge on any atom is -0.325 e. The largest absolute Gasteiger partial charge is 0.435 e. The topological polar surface area (TPSA) is 68.8 Å². The van der Waals surface area contributed by atoms with Gasteiger partial charge >= 0.3 is 12.2 Å². The first-order valence-corrected chi connectivity index (χ1v) is 14.2. The molecule has 0 saturated carbocycles. The van der Waals surface area contributed by atoms with Gasteiger partial charge in [0.2, 0.25) is 0 Å². The lowest BCUT2D eigenvalue weighted by Crippen LogP contribution is -2.55. The van der Waals surface area contributed by atoms with Crippen LogP contribution in [0.15, 0.2) is 35.3 Å². The maximum atomic E-state index is 13.1. The van der Waals surface area contributed by atoms with Crippen molar-refractivity contribution in [1.29, 1.82) is 0 Å². The van der Waals surface area contributed by atoms with Crippen LogP contribution in [0.3, 0.4) is 0 Å². The van der Waals surface area contributed by atoms with Gasteiger partial charge in [-0.15, -0.1) is 0 Å². The van der Waals surface area contributed by atoms with Crippen molar-refractivity contribution in [3.8, 4) is 5.69 Å². The van der Waals surface area contributed by atoms with Gasteiger partial charge in [-0.05, 0) is 49.9 Å². The van der Waals surface area contributed by atoms with E-state index >= 15 is 0 Å². The van der Waals surface area contributed by atoms with Gasteiger partial charge in [-0.1, -0.05) is 46.3 Å². The number of aryl methyl sites for hydroxylation is 1. The fourth-order valence-electron chi connectivity index (χ4n) is 5.29. The third-order valence-corrected chi connectivity index (χ3v) is 9.18. The predicted octanol–water partition coefficient (Wildman–Crippen LogP) is 4.60. The predicted molar refractivity (Wildman–Crippen MR) is 147 cm³/mol. The number of hydrazone groups is 1. The third kappa shape index (κ3) is 5.28. The van der Waals surface area contributed by atoms with Crippen molar-refractivity contribution in [3.05, 3.63) is 47.3 Å². The number of aliphatic imine (C=N–C) groups is 1. The van der Waals surface area contributed by atoms with Crippen molar-refractivity contribution in [2.45, 2.75) is 55.3 Å². The molecule has 3 aliphatic rings. The number of urea groups is 1. The summed E-state index contributed by atoms with van der Waals surface area (Å²) in [6.45, 7) is 10.5. The van der Waals surface area contributed by atoms with Gasteiger partial charge in [-0.3, -0.25) is 0 Å². The highest BCUT2D eigenvalue weighted by atomic mass is 127. The summed E-state index contributed by atoms with van der Waals surface area (Å²) in [6.07, 6.45) is -1.66. The van der Waals surface area contributed by atoms with E-state index in [0.717, 1.165) is 36.7 Å². The smallest absolute Gasteiger partial charge is 0.325 e. The second-order valence-corrected chi connectivity index (χ2v) is 11.9. The van der Waals surface area contributed by atoms with E-state index in [9.17, 15) is 18.0 Å². The summed E-state index contributed by atoms with van der Waals surface area (Å²) < 4.78 is 42.5. The summed E-state index contributed by atoms with van der Waals surface area (Å²) in [5, 5.41) is 3.71. The highest BCUT2D eigenvalue weighted by Gasteiger charge is 2.40. The number of amides is 2. The summed E-state index contributed by atoms with van der Waals surface area (Å²) in [7, 11) is 0. The van der Waals surface area contributed by atoms with Gasteiger partial charge in [0, 0.05) is 43.7 Å². The van der Waals surface area contributed by atoms with Gasteiger partial charge in [-0.25, -0.2) is 9.48 Å². The second-order valence-electron chi connectivity index (χ2n) is 10.3. The van der Waals surface area contributed by atoms with E-state index in [1.165, 1.54) is 4.68 Å². The van der Waals surface area contributed by atoms with Gasteiger partial charge < -0.3 is 9.80 Å². The number of carbonyl (C=O) groups is 1. The van der Waals surface area contributed by atoms with Crippen LogP contribution in [0.4, 0.5) is 18.0 Å². The molecule has 2 atom stereocenters. The van der Waals surface area contributed by atoms with Gasteiger partial charge in [0.15, 0.2) is 18.2 Å². The van der Waals surface area contributed by atoms with Crippen LogP contribution in [-0.2, 0) is 6.18 Å². The van der Waals surface area contributed by atoms with E-state index < -0.39 is 11.9 Å². The zero-order valence-corrected chi connectivity index (χ0v) is 23.6. The molecule has 2 aromatic rings. The Morgan fingerprint density at radius 3 is 2.42 bits per heavy atom. The summed E-state index contributed by atoms with van der Waals surface area (Å²) in [6, 6.07) is 8.50. The molecule has 0 spiro atoms. The summed E-state index contributed by atoms with van der Waals surface area (Å²) in [4.78, 5) is 21.7. The number of hydrogen-bond donors (Lipinski definition) is 1. The molecule has 4 heterocycles. The zero-order valence-electron chi connectivity index (χ0n) is 21.5. The Labute approximate surface area is 233 Å². The average molecular weight is 642 g/mol. The lowest BCUT2D eigenvalue weighted by Gasteiger charge is -2.43. The highest BCUT2D eigenvalue weighted by Crippen LogP contribution is 2.32. The fraction of sp³-hybridized carbons (Fsp3) is 0.538. The number of amidine groups is 1. The standard InChI is InChI=1S/C26H32F3IN7O/c1-4-21(30)24-31-23(33-34(24)3)18-9-11-35(12-10-18)25(38)36-14-19(15-36)17-5-7-20(8-6-17)37-16(2)13-22(32-37)26(27,28)29/h5-8,13,18-19,21,24H,3-4,9-12,14-15H2,1-2H3,(H,31,33)/q+1. The first-order valence-electron chi connectivity index (χ1n) is 12.9. The van der Waals surface area contributed by atoms with Gasteiger partial charge in [0.1, 0.15) is 0 Å². The summed E-state index contributed by atoms with van der Waals surface area (Å²) in [5.74, 6) is 1.51. The minimum absolute atomic E-state index is 0.0447. The van der Waals surface area contributed by atoms with Crippen molar-refractivity contribution < 1.29 is 22.7 Å². The Kier molecular flexibility index (Phi) is 7.44. The molecular weight excluding hydrogens is 610 g/mol. The fourth-order valence-corrected chi connectivity index (χ4v) is 5.84. The van der Waals surface area contributed by atoms with Crippen LogP contribution >= 0.6 is 22.6 Å². The third-order valence-electron chi connectivity index (χ3n) is 7.65. The molecule has 1 aromatic carbocycles. The number of nitrogens with zero attached hydrogens (tertiary/aromatic N) is 6. The molecule has 2 unspecified atom stereocenters. The van der Waals surface area contributed by atoms with E-state index in [2.05, 4.69) is 46.8 Å². The van der Waals surface area contributed by atoms with Crippen molar-refractivity contribution in [2.75, 3.05) is 26.2 Å². The maximum Gasteiger partial charge on any atom is 0.435 e. The van der Waals surface area contributed by atoms with Gasteiger partial charge in [0.25, 0.3) is 6.17 Å². The molecule has 1 N–H and O–H groups in total. The Morgan fingerprint density at radius 1 is 1.18 bits per heavy atom. The number of hydrogen-bond acceptors (Lipinski definition) is 4. The molecular formula is C26H32F3IN7O+. The van der Waals surface area contributed by atoms with Crippen LogP contribution in [0.1, 0.15) is 49.1 Å². The molecule has 12 heteroatoms. The molecule has 5 rings (SSSR count). The first kappa shape index (κ1) is 26.9. The van der Waals surface area contributed by atoms with E-state index in [1.54, 1.807) is 19.1 Å². The Bertz CT molecular complexity index is 1230. The highest BCUT2D eigenvalue weighted by molar-refractivity contribution is 14.1. The summed E-state index contributed by atoms with van der Waals surface area (Å²) >= 11 is 2.42. The Morgan fingerprint density at radius 2 is 1.84 bits per heavy atom. The van der Waals surface area contributed by atoms with Crippen LogP contribution < -0.4 is 5.43 Å². The lowest BCUT2D eigenvalue weighted by atomic mass is 9.91. The number of hydrazine groups is 1. The average Bonchev–Trinajstić information content (AvgIpc) is 3.46. The van der Waals surface area contributed by atoms with E-state index in [4.69, 9.17) is 4.99 Å². The number of alkyl halides is 4. The van der Waals surface area contributed by atoms with Crippen LogP contribution in [0, 0.1) is 12.8 Å². The van der Waals surface area contributed by atoms with Crippen molar-refractivity contribution >= 4 is 41.2 Å². The zero-order chi connectivity index (χ0) is 27.2. The van der Waals surface area contributed by atoms with Crippen LogP contribution in [-0.4, -0.2) is 79.1 Å².